The average Bonchev–Trinajstić information content (AvgIpc) is 2.45. The highest BCUT2D eigenvalue weighted by Gasteiger charge is 2.06. The summed E-state index contributed by atoms with van der Waals surface area (Å²) in [5, 5.41) is 3.20. The van der Waals surface area contributed by atoms with Crippen molar-refractivity contribution in [2.45, 2.75) is 13.3 Å². The minimum absolute atomic E-state index is 0.801. The van der Waals surface area contributed by atoms with Gasteiger partial charge in [0.05, 0.1) is 25.2 Å². The van der Waals surface area contributed by atoms with E-state index in [1.807, 2.05) is 24.3 Å². The SMILES string of the molecule is CCCNc1cnc(-c2ccccc2OC)cn1. The number of nitrogens with zero attached hydrogens (tertiary/aromatic N) is 2. The molecule has 0 unspecified atom stereocenters. The molecule has 0 atom stereocenters. The van der Waals surface area contributed by atoms with Crippen molar-refractivity contribution in [3.05, 3.63) is 36.7 Å². The van der Waals surface area contributed by atoms with Gasteiger partial charge in [-0.25, -0.2) is 4.98 Å². The maximum absolute atomic E-state index is 5.31. The molecule has 4 heteroatoms. The molecule has 0 aliphatic rings. The van der Waals surface area contributed by atoms with Crippen LogP contribution in [0.4, 0.5) is 5.82 Å². The summed E-state index contributed by atoms with van der Waals surface area (Å²) in [5.41, 5.74) is 1.77. The molecular formula is C14H17N3O. The summed E-state index contributed by atoms with van der Waals surface area (Å²) in [6, 6.07) is 7.79. The molecule has 94 valence electrons. The second kappa shape index (κ2) is 6.00. The van der Waals surface area contributed by atoms with Gasteiger partial charge in [0.25, 0.3) is 0 Å². The number of ether oxygens (including phenoxy) is 1. The molecule has 4 nitrogen and oxygen atoms in total. The van der Waals surface area contributed by atoms with Crippen LogP contribution in [0.2, 0.25) is 0 Å². The van der Waals surface area contributed by atoms with Crippen molar-refractivity contribution in [3.63, 3.8) is 0 Å². The van der Waals surface area contributed by atoms with Gasteiger partial charge in [-0.1, -0.05) is 19.1 Å². The summed E-state index contributed by atoms with van der Waals surface area (Å²) in [6.07, 6.45) is 4.57. The largest absolute Gasteiger partial charge is 0.496 e. The molecule has 0 saturated carbocycles. The Morgan fingerprint density at radius 1 is 1.17 bits per heavy atom. The van der Waals surface area contributed by atoms with Crippen molar-refractivity contribution in [2.75, 3.05) is 19.0 Å². The van der Waals surface area contributed by atoms with E-state index >= 15 is 0 Å². The Balaban J connectivity index is 2.23. The standard InChI is InChI=1S/C14H17N3O/c1-3-8-15-14-10-16-12(9-17-14)11-6-4-5-7-13(11)18-2/h4-7,9-10H,3,8H2,1-2H3,(H,15,17). The number of rotatable bonds is 5. The summed E-state index contributed by atoms with van der Waals surface area (Å²) >= 11 is 0. The van der Waals surface area contributed by atoms with Crippen LogP contribution in [0.3, 0.4) is 0 Å². The van der Waals surface area contributed by atoms with E-state index < -0.39 is 0 Å². The molecule has 1 N–H and O–H groups in total. The first-order valence-corrected chi connectivity index (χ1v) is 6.04. The molecule has 0 fully saturated rings. The van der Waals surface area contributed by atoms with Crippen molar-refractivity contribution in [3.8, 4) is 17.0 Å². The normalized spacial score (nSPS) is 10.1. The van der Waals surface area contributed by atoms with Crippen LogP contribution in [0, 0.1) is 0 Å². The topological polar surface area (TPSA) is 47.0 Å². The number of anilines is 1. The Morgan fingerprint density at radius 3 is 2.67 bits per heavy atom. The highest BCUT2D eigenvalue weighted by molar-refractivity contribution is 5.66. The highest BCUT2D eigenvalue weighted by Crippen LogP contribution is 2.27. The fourth-order valence-electron chi connectivity index (χ4n) is 1.67. The first-order chi connectivity index (χ1) is 8.85. The van der Waals surface area contributed by atoms with Gasteiger partial charge in [-0.05, 0) is 18.6 Å². The van der Waals surface area contributed by atoms with Crippen LogP contribution in [0.25, 0.3) is 11.3 Å². The Bertz CT molecular complexity index is 497. The van der Waals surface area contributed by atoms with E-state index in [0.29, 0.717) is 0 Å². The molecule has 0 spiro atoms. The van der Waals surface area contributed by atoms with Gasteiger partial charge in [-0.15, -0.1) is 0 Å². The van der Waals surface area contributed by atoms with E-state index in [0.717, 1.165) is 35.8 Å². The van der Waals surface area contributed by atoms with Gasteiger partial charge in [-0.3, -0.25) is 4.98 Å². The van der Waals surface area contributed by atoms with Crippen molar-refractivity contribution in [1.29, 1.82) is 0 Å². The maximum Gasteiger partial charge on any atom is 0.144 e. The summed E-state index contributed by atoms with van der Waals surface area (Å²) < 4.78 is 5.31. The molecule has 1 aromatic heterocycles. The number of methoxy groups -OCH3 is 1. The van der Waals surface area contributed by atoms with Crippen molar-refractivity contribution < 1.29 is 4.74 Å². The van der Waals surface area contributed by atoms with E-state index in [4.69, 9.17) is 4.74 Å². The van der Waals surface area contributed by atoms with Gasteiger partial charge < -0.3 is 10.1 Å². The highest BCUT2D eigenvalue weighted by atomic mass is 16.5. The summed E-state index contributed by atoms with van der Waals surface area (Å²) in [7, 11) is 1.66. The number of benzene rings is 1. The predicted octanol–water partition coefficient (Wildman–Crippen LogP) is 2.97. The first-order valence-electron chi connectivity index (χ1n) is 6.04. The number of nitrogens with one attached hydrogen (secondary N) is 1. The number of hydrogen-bond acceptors (Lipinski definition) is 4. The van der Waals surface area contributed by atoms with Crippen LogP contribution in [-0.4, -0.2) is 23.6 Å². The van der Waals surface area contributed by atoms with E-state index in [1.165, 1.54) is 0 Å². The molecule has 0 aliphatic carbocycles. The Hall–Kier alpha value is -2.10. The molecule has 1 aromatic carbocycles. The Labute approximate surface area is 107 Å². The Morgan fingerprint density at radius 2 is 2.00 bits per heavy atom. The second-order valence-corrected chi connectivity index (χ2v) is 3.91. The van der Waals surface area contributed by atoms with Crippen LogP contribution in [0.15, 0.2) is 36.7 Å². The second-order valence-electron chi connectivity index (χ2n) is 3.91. The van der Waals surface area contributed by atoms with Crippen LogP contribution in [0.5, 0.6) is 5.75 Å². The molecule has 0 saturated heterocycles. The summed E-state index contributed by atoms with van der Waals surface area (Å²) in [5.74, 6) is 1.61. The van der Waals surface area contributed by atoms with Gasteiger partial charge in [0.15, 0.2) is 0 Å². The van der Waals surface area contributed by atoms with Crippen LogP contribution < -0.4 is 10.1 Å². The van der Waals surface area contributed by atoms with Crippen LogP contribution >= 0.6 is 0 Å². The van der Waals surface area contributed by atoms with Gasteiger partial charge in [0.2, 0.25) is 0 Å². The van der Waals surface area contributed by atoms with Crippen LogP contribution in [-0.2, 0) is 0 Å². The van der Waals surface area contributed by atoms with Gasteiger partial charge in [0, 0.05) is 12.1 Å². The molecule has 0 amide bonds. The lowest BCUT2D eigenvalue weighted by Crippen LogP contribution is -2.02. The molecule has 0 radical (unpaired) electrons. The molecule has 18 heavy (non-hydrogen) atoms. The molecule has 0 bridgehead atoms. The summed E-state index contributed by atoms with van der Waals surface area (Å²) in [6.45, 7) is 3.02. The van der Waals surface area contributed by atoms with Crippen molar-refractivity contribution >= 4 is 5.82 Å². The third-order valence-corrected chi connectivity index (χ3v) is 2.59. The lowest BCUT2D eigenvalue weighted by atomic mass is 10.1. The number of hydrogen-bond donors (Lipinski definition) is 1. The van der Waals surface area contributed by atoms with Gasteiger partial charge in [-0.2, -0.15) is 0 Å². The zero-order chi connectivity index (χ0) is 12.8. The maximum atomic E-state index is 5.31. The van der Waals surface area contributed by atoms with Crippen LogP contribution in [0.1, 0.15) is 13.3 Å². The minimum Gasteiger partial charge on any atom is -0.496 e. The number of para-hydroxylation sites is 1. The third kappa shape index (κ3) is 2.77. The molecule has 2 aromatic rings. The third-order valence-electron chi connectivity index (χ3n) is 2.59. The molecule has 1 heterocycles. The average molecular weight is 243 g/mol. The fourth-order valence-corrected chi connectivity index (χ4v) is 1.67. The zero-order valence-corrected chi connectivity index (χ0v) is 10.7. The molecule has 0 aliphatic heterocycles. The molecule has 2 rings (SSSR count). The predicted molar refractivity (Wildman–Crippen MR) is 72.8 cm³/mol. The molecular weight excluding hydrogens is 226 g/mol. The van der Waals surface area contributed by atoms with E-state index in [1.54, 1.807) is 19.5 Å². The van der Waals surface area contributed by atoms with Gasteiger partial charge in [0.1, 0.15) is 11.6 Å². The lowest BCUT2D eigenvalue weighted by molar-refractivity contribution is 0.416. The quantitative estimate of drug-likeness (QED) is 0.877. The van der Waals surface area contributed by atoms with E-state index in [-0.39, 0.29) is 0 Å². The smallest absolute Gasteiger partial charge is 0.144 e. The lowest BCUT2D eigenvalue weighted by Gasteiger charge is -2.08. The van der Waals surface area contributed by atoms with E-state index in [9.17, 15) is 0 Å². The number of aromatic nitrogens is 2. The Kier molecular flexibility index (Phi) is 4.12. The summed E-state index contributed by atoms with van der Waals surface area (Å²) in [4.78, 5) is 8.74. The fraction of sp³-hybridized carbons (Fsp3) is 0.286. The first kappa shape index (κ1) is 12.4. The van der Waals surface area contributed by atoms with Crippen molar-refractivity contribution in [1.82, 2.24) is 9.97 Å². The van der Waals surface area contributed by atoms with E-state index in [2.05, 4.69) is 22.2 Å². The van der Waals surface area contributed by atoms with Gasteiger partial charge >= 0.3 is 0 Å². The minimum atomic E-state index is 0.801. The monoisotopic (exact) mass is 243 g/mol. The zero-order valence-electron chi connectivity index (χ0n) is 10.7. The van der Waals surface area contributed by atoms with Crippen molar-refractivity contribution in [2.24, 2.45) is 0 Å².